The maximum atomic E-state index is 12.5. The number of carbonyl (C=O) groups excluding carboxylic acids is 6. The summed E-state index contributed by atoms with van der Waals surface area (Å²) in [5, 5.41) is 7.23. The Morgan fingerprint density at radius 1 is 0.301 bits per heavy atom. The second kappa shape index (κ2) is 57.2. The highest BCUT2D eigenvalue weighted by Gasteiger charge is 2.26. The Hall–Kier alpha value is -11.6. The number of rotatable bonds is 36. The number of hydrogen-bond donors (Lipinski definition) is 0. The highest BCUT2D eigenvalue weighted by atomic mass is 32.2. The highest BCUT2D eigenvalue weighted by molar-refractivity contribution is 8.00. The second-order valence-electron chi connectivity index (χ2n) is 35.1. The number of thiazole rings is 2. The summed E-state index contributed by atoms with van der Waals surface area (Å²) in [6.45, 7) is 27.4. The van der Waals surface area contributed by atoms with Gasteiger partial charge in [0.05, 0.1) is 98.0 Å². The molecule has 6 saturated heterocycles. The molecule has 6 aliphatic heterocycles. The van der Waals surface area contributed by atoms with Crippen LogP contribution in [0.4, 0.5) is 0 Å². The molecule has 754 valence electrons. The monoisotopic (exact) mass is 2040 g/mol. The standard InChI is InChI=1S/C19H22N2O4.C19H22N2O2S.C18H20N2O4.C18H20N2O2S.C17H20N2O4S.C17H20N2O2S2/c1-13-4-3-5-15(20-13)9-19(22)18-10-16(8-14(2)21-18)25-12-17-11-23-6-7-24-17;1-13-5-6-15(20-11-13)9-19(22)18-10-16(8-14(2)21-18)23-12-17-4-3-7-24-17;1-13-8-15(24-12-16-11-22-6-7-23-16)10-17(20-13)18(21)9-14-4-2-3-5-19-14;1-13-9-15(22-12-16-6-4-8-23-16)11-17(20-13)18(21)10-14-5-2-3-7-19-14;1-11-5-13(23-9-14-8-21-3-4-22-14)6-15(18-11)16(20)7-17-19-12(2)10-24-17;1-11-6-13(21-9-14-4-3-5-22-14)7-15(18-11)16(20)8-17-19-12(2)10-23-17/h3-5,8,10,17H,6-7,9,11-12H2,1-2H3;5-6,8,10-11,17H,3-4,7,9,12H2,1-2H3;2-5,8,10,16H,6-7,9,11-12H2,1H3;2-3,5,7,9,11,16H,4,6,8,10,12H2,1H3;5-6,10,14H,3-4,7-9H2,1-2H3;6-7,10,14H,3-5,8-9H2,1-2H3. The molecule has 0 radical (unpaired) electrons. The van der Waals surface area contributed by atoms with Gasteiger partial charge in [-0.2, -0.15) is 35.3 Å². The van der Waals surface area contributed by atoms with Crippen molar-refractivity contribution in [3.8, 4) is 34.5 Å². The number of thioether (sulfide) groups is 3. The molecule has 6 aliphatic rings. The summed E-state index contributed by atoms with van der Waals surface area (Å²) in [6, 6.07) is 42.0. The van der Waals surface area contributed by atoms with E-state index in [-0.39, 0.29) is 85.1 Å². The van der Waals surface area contributed by atoms with Crippen LogP contribution in [0.15, 0.2) is 169 Å². The molecule has 0 bridgehead atoms. The van der Waals surface area contributed by atoms with Gasteiger partial charge in [-0.1, -0.05) is 24.3 Å². The summed E-state index contributed by atoms with van der Waals surface area (Å²) in [7, 11) is 0. The van der Waals surface area contributed by atoms with E-state index < -0.39 is 0 Å². The molecule has 0 aliphatic carbocycles. The Morgan fingerprint density at radius 2 is 0.608 bits per heavy atom. The van der Waals surface area contributed by atoms with Crippen molar-refractivity contribution in [2.24, 2.45) is 0 Å². The van der Waals surface area contributed by atoms with Crippen LogP contribution >= 0.6 is 58.0 Å². The van der Waals surface area contributed by atoms with E-state index in [4.69, 9.17) is 56.8 Å². The predicted molar refractivity (Wildman–Crippen MR) is 553 cm³/mol. The van der Waals surface area contributed by atoms with Gasteiger partial charge in [-0.05, 0) is 173 Å². The molecule has 18 rings (SSSR count). The third kappa shape index (κ3) is 38.1. The van der Waals surface area contributed by atoms with Crippen molar-refractivity contribution >= 4 is 92.7 Å². The van der Waals surface area contributed by atoms with Crippen LogP contribution in [0.2, 0.25) is 0 Å². The average molecular weight is 2040 g/mol. The van der Waals surface area contributed by atoms with Gasteiger partial charge in [-0.3, -0.25) is 48.7 Å². The fourth-order valence-electron chi connectivity index (χ4n) is 15.3. The normalized spacial score (nSPS) is 17.3. The highest BCUT2D eigenvalue weighted by Crippen LogP contribution is 2.32. The quantitative estimate of drug-likeness (QED) is 0.0329. The molecule has 0 aromatic carbocycles. The Morgan fingerprint density at radius 3 is 0.874 bits per heavy atom. The van der Waals surface area contributed by atoms with Gasteiger partial charge in [0, 0.05) is 192 Å². The Balaban J connectivity index is 0.000000144. The average Bonchev–Trinajstić information content (AvgIpc) is 1.08. The summed E-state index contributed by atoms with van der Waals surface area (Å²) in [4.78, 5) is 126. The van der Waals surface area contributed by atoms with Gasteiger partial charge in [0.25, 0.3) is 0 Å². The number of ketones is 6. The number of hydrogen-bond acceptors (Lipinski definition) is 35. The minimum Gasteiger partial charge on any atom is -0.492 e. The van der Waals surface area contributed by atoms with Crippen LogP contribution in [0, 0.1) is 69.2 Å². The van der Waals surface area contributed by atoms with E-state index in [1.165, 1.54) is 78.5 Å². The van der Waals surface area contributed by atoms with Crippen LogP contribution < -0.4 is 28.4 Å². The molecule has 12 aromatic rings. The summed E-state index contributed by atoms with van der Waals surface area (Å²) in [5.41, 5.74) is 14.0. The largest absolute Gasteiger partial charge is 0.492 e. The van der Waals surface area contributed by atoms with Crippen molar-refractivity contribution in [1.29, 1.82) is 0 Å². The lowest BCUT2D eigenvalue weighted by Crippen LogP contribution is -2.33. The molecule has 18 heterocycles. The molecule has 0 spiro atoms. The van der Waals surface area contributed by atoms with Gasteiger partial charge in [0.1, 0.15) is 137 Å². The lowest BCUT2D eigenvalue weighted by molar-refractivity contribution is -0.101. The van der Waals surface area contributed by atoms with Crippen LogP contribution in [0.1, 0.15) is 191 Å². The topological polar surface area (TPSA) is 368 Å². The molecule has 30 nitrogen and oxygen atoms in total. The van der Waals surface area contributed by atoms with Crippen LogP contribution in [-0.2, 0) is 66.9 Å². The van der Waals surface area contributed by atoms with Crippen molar-refractivity contribution in [1.82, 2.24) is 59.8 Å². The smallest absolute Gasteiger partial charge is 0.188 e. The molecular formula is C108H124N12O18S5. The van der Waals surface area contributed by atoms with Gasteiger partial charge in [-0.15, -0.1) is 22.7 Å². The first-order valence-corrected chi connectivity index (χ1v) is 53.0. The number of ether oxygens (including phenoxy) is 12. The number of Topliss-reactive ketones (excluding diaryl/α,β-unsaturated/α-hetero) is 6. The molecule has 6 fully saturated rings. The van der Waals surface area contributed by atoms with E-state index >= 15 is 0 Å². The Kier molecular flexibility index (Phi) is 43.4. The van der Waals surface area contributed by atoms with E-state index in [9.17, 15) is 28.8 Å². The molecule has 6 atom stereocenters. The van der Waals surface area contributed by atoms with Gasteiger partial charge in [0.15, 0.2) is 34.7 Å². The fourth-order valence-corrected chi connectivity index (χ4v) is 20.3. The van der Waals surface area contributed by atoms with Crippen molar-refractivity contribution in [3.05, 3.63) is 293 Å². The van der Waals surface area contributed by atoms with Crippen molar-refractivity contribution in [2.75, 3.05) is 116 Å². The summed E-state index contributed by atoms with van der Waals surface area (Å²) in [5.74, 6) is 7.41. The Labute approximate surface area is 856 Å². The SMILES string of the molecule is Cc1cc(OCC2CCCS2)cc(C(=O)Cc2ccccn2)n1.Cc1cc(OCC2CCCS2)cc(C(=O)Cc2nc(C)cs2)n1.Cc1cc(OCC2COCCO2)cc(C(=O)Cc2ccccn2)n1.Cc1cc(OCC2COCCO2)cc(C(=O)Cc2nc(C)cs2)n1.Cc1ccc(CC(=O)c2cc(OCC3CCCS3)cc(C)n2)nc1.Cc1cccc(CC(=O)c2cc(OCC3COCCO3)cc(C)n2)n1. The Bertz CT molecular complexity index is 6110. The van der Waals surface area contributed by atoms with Crippen molar-refractivity contribution in [2.45, 2.75) is 180 Å². The van der Waals surface area contributed by atoms with Crippen LogP contribution in [-0.4, -0.2) is 245 Å². The summed E-state index contributed by atoms with van der Waals surface area (Å²) in [6.07, 6.45) is 13.8. The van der Waals surface area contributed by atoms with Crippen LogP contribution in [0.5, 0.6) is 34.5 Å². The fraction of sp³-hybridized carbons (Fsp3) is 0.426. The lowest BCUT2D eigenvalue weighted by Gasteiger charge is -2.23. The second-order valence-corrected chi connectivity index (χ2v) is 41.2. The van der Waals surface area contributed by atoms with Crippen LogP contribution in [0.3, 0.4) is 0 Å². The molecule has 12 aromatic heterocycles. The van der Waals surface area contributed by atoms with E-state index in [1.54, 1.807) is 61.1 Å². The number of carbonyl (C=O) groups is 6. The first-order valence-electron chi connectivity index (χ1n) is 48.1. The van der Waals surface area contributed by atoms with E-state index in [0.29, 0.717) is 173 Å². The van der Waals surface area contributed by atoms with Gasteiger partial charge >= 0.3 is 0 Å². The molecular weight excluding hydrogens is 1910 g/mol. The first kappa shape index (κ1) is 109. The summed E-state index contributed by atoms with van der Waals surface area (Å²) < 4.78 is 67.7. The van der Waals surface area contributed by atoms with Gasteiger partial charge in [0.2, 0.25) is 0 Å². The van der Waals surface area contributed by atoms with E-state index in [0.717, 1.165) is 107 Å². The number of pyridine rings is 10. The molecule has 6 unspecified atom stereocenters. The van der Waals surface area contributed by atoms with E-state index in [1.807, 2.05) is 212 Å². The third-order valence-electron chi connectivity index (χ3n) is 22.3. The molecule has 143 heavy (non-hydrogen) atoms. The summed E-state index contributed by atoms with van der Waals surface area (Å²) >= 11 is 8.89. The van der Waals surface area contributed by atoms with E-state index in [2.05, 4.69) is 59.8 Å². The molecule has 0 N–H and O–H groups in total. The minimum absolute atomic E-state index is 0.0110. The molecule has 0 amide bonds. The zero-order valence-corrected chi connectivity index (χ0v) is 86.7. The minimum atomic E-state index is -0.0853. The molecule has 0 saturated carbocycles. The predicted octanol–water partition coefficient (Wildman–Crippen LogP) is 17.8. The number of nitrogens with zero attached hydrogens (tertiary/aromatic N) is 12. The van der Waals surface area contributed by atoms with Gasteiger partial charge in [-0.25, -0.2) is 39.9 Å². The number of aryl methyl sites for hydroxylation is 10. The zero-order valence-electron chi connectivity index (χ0n) is 82.6. The maximum Gasteiger partial charge on any atom is 0.188 e. The third-order valence-corrected chi connectivity index (χ3v) is 28.3. The zero-order chi connectivity index (χ0) is 101. The van der Waals surface area contributed by atoms with Crippen molar-refractivity contribution < 1.29 is 85.6 Å². The van der Waals surface area contributed by atoms with Gasteiger partial charge < -0.3 is 56.8 Å². The van der Waals surface area contributed by atoms with Crippen molar-refractivity contribution in [3.63, 3.8) is 0 Å². The van der Waals surface area contributed by atoms with Crippen LogP contribution in [0.25, 0.3) is 0 Å². The lowest BCUT2D eigenvalue weighted by atomic mass is 10.1. The maximum absolute atomic E-state index is 12.5. The first-order chi connectivity index (χ1) is 69.3. The number of aromatic nitrogens is 12. The molecule has 35 heteroatoms.